The summed E-state index contributed by atoms with van der Waals surface area (Å²) in [4.78, 5) is 0. The van der Waals surface area contributed by atoms with Crippen LogP contribution in [0.5, 0.6) is 11.5 Å². The summed E-state index contributed by atoms with van der Waals surface area (Å²) in [5.74, 6) is 1.70. The number of nitrogens with one attached hydrogen (secondary N) is 1. The topological polar surface area (TPSA) is 30.5 Å². The molecule has 1 rings (SSSR count). The Balaban J connectivity index is 2.35. The maximum atomic E-state index is 5.66. The number of rotatable bonds is 12. The van der Waals surface area contributed by atoms with Gasteiger partial charge in [0.1, 0.15) is 0 Å². The van der Waals surface area contributed by atoms with Crippen LogP contribution in [0.1, 0.15) is 52.0 Å². The van der Waals surface area contributed by atoms with Crippen LogP contribution < -0.4 is 14.8 Å². The second kappa shape index (κ2) is 11.4. The number of ether oxygens (including phenoxy) is 2. The summed E-state index contributed by atoms with van der Waals surface area (Å²) in [6.07, 6.45) is 6.29. The van der Waals surface area contributed by atoms with Crippen molar-refractivity contribution in [2.24, 2.45) is 0 Å². The van der Waals surface area contributed by atoms with Gasteiger partial charge in [-0.3, -0.25) is 0 Å². The number of unbranched alkanes of at least 4 members (excludes halogenated alkanes) is 3. The van der Waals surface area contributed by atoms with Crippen LogP contribution >= 0.6 is 0 Å². The van der Waals surface area contributed by atoms with Crippen LogP contribution in [0.25, 0.3) is 0 Å². The Morgan fingerprint density at radius 2 is 1.62 bits per heavy atom. The third-order valence-electron chi connectivity index (χ3n) is 3.41. The zero-order chi connectivity index (χ0) is 15.3. The smallest absolute Gasteiger partial charge is 0.161 e. The zero-order valence-electron chi connectivity index (χ0n) is 13.9. The molecule has 0 atom stereocenters. The minimum atomic E-state index is 0.665. The Morgan fingerprint density at radius 3 is 2.33 bits per heavy atom. The molecule has 0 bridgehead atoms. The summed E-state index contributed by atoms with van der Waals surface area (Å²) in [6.45, 7) is 9.71. The normalized spacial score (nSPS) is 10.6. The van der Waals surface area contributed by atoms with Gasteiger partial charge < -0.3 is 14.8 Å². The van der Waals surface area contributed by atoms with Crippen LogP contribution in [-0.2, 0) is 6.42 Å². The van der Waals surface area contributed by atoms with E-state index < -0.39 is 0 Å². The molecule has 21 heavy (non-hydrogen) atoms. The minimum Gasteiger partial charge on any atom is -0.490 e. The van der Waals surface area contributed by atoms with Crippen LogP contribution in [0, 0.1) is 0 Å². The fraction of sp³-hybridized carbons (Fsp3) is 0.667. The van der Waals surface area contributed by atoms with Gasteiger partial charge in [0.25, 0.3) is 0 Å². The van der Waals surface area contributed by atoms with Crippen LogP contribution in [0.2, 0.25) is 0 Å². The summed E-state index contributed by atoms with van der Waals surface area (Å²) < 4.78 is 11.2. The highest BCUT2D eigenvalue weighted by atomic mass is 16.5. The van der Waals surface area contributed by atoms with E-state index in [-0.39, 0.29) is 0 Å². The predicted molar refractivity (Wildman–Crippen MR) is 89.5 cm³/mol. The van der Waals surface area contributed by atoms with Crippen molar-refractivity contribution in [2.45, 2.75) is 52.9 Å². The van der Waals surface area contributed by atoms with Crippen molar-refractivity contribution in [3.8, 4) is 11.5 Å². The number of hydrogen-bond acceptors (Lipinski definition) is 3. The van der Waals surface area contributed by atoms with E-state index in [0.29, 0.717) is 13.2 Å². The van der Waals surface area contributed by atoms with Gasteiger partial charge in [-0.25, -0.2) is 0 Å². The largest absolute Gasteiger partial charge is 0.490 e. The SMILES string of the molecule is CCCCCCNCCc1ccc(OCC)c(OCC)c1. The Bertz CT molecular complexity index is 379. The Kier molecular flexibility index (Phi) is 9.71. The Morgan fingerprint density at radius 1 is 0.857 bits per heavy atom. The molecule has 0 aliphatic rings. The van der Waals surface area contributed by atoms with Crippen molar-refractivity contribution < 1.29 is 9.47 Å². The van der Waals surface area contributed by atoms with Crippen molar-refractivity contribution in [1.29, 1.82) is 0 Å². The monoisotopic (exact) mass is 293 g/mol. The van der Waals surface area contributed by atoms with Crippen molar-refractivity contribution in [3.05, 3.63) is 23.8 Å². The summed E-state index contributed by atoms with van der Waals surface area (Å²) in [7, 11) is 0. The Hall–Kier alpha value is -1.22. The first kappa shape index (κ1) is 17.8. The lowest BCUT2D eigenvalue weighted by molar-refractivity contribution is 0.287. The first-order valence-corrected chi connectivity index (χ1v) is 8.41. The van der Waals surface area contributed by atoms with E-state index in [1.54, 1.807) is 0 Å². The molecule has 0 spiro atoms. The minimum absolute atomic E-state index is 0.665. The van der Waals surface area contributed by atoms with E-state index in [0.717, 1.165) is 31.0 Å². The van der Waals surface area contributed by atoms with Gasteiger partial charge in [-0.1, -0.05) is 32.3 Å². The third kappa shape index (κ3) is 7.37. The summed E-state index contributed by atoms with van der Waals surface area (Å²) in [6, 6.07) is 6.25. The zero-order valence-corrected chi connectivity index (χ0v) is 13.9. The van der Waals surface area contributed by atoms with Gasteiger partial charge in [0.2, 0.25) is 0 Å². The second-order valence-corrected chi connectivity index (χ2v) is 5.21. The van der Waals surface area contributed by atoms with Gasteiger partial charge in [0.05, 0.1) is 13.2 Å². The van der Waals surface area contributed by atoms with Gasteiger partial charge >= 0.3 is 0 Å². The molecule has 0 aliphatic carbocycles. The van der Waals surface area contributed by atoms with Crippen LogP contribution in [0.3, 0.4) is 0 Å². The highest BCUT2D eigenvalue weighted by Gasteiger charge is 2.05. The van der Waals surface area contributed by atoms with E-state index in [9.17, 15) is 0 Å². The van der Waals surface area contributed by atoms with Gasteiger partial charge in [-0.2, -0.15) is 0 Å². The first-order chi connectivity index (χ1) is 10.3. The van der Waals surface area contributed by atoms with Crippen LogP contribution in [-0.4, -0.2) is 26.3 Å². The Labute approximate surface area is 130 Å². The molecule has 0 fully saturated rings. The summed E-state index contributed by atoms with van der Waals surface area (Å²) in [5.41, 5.74) is 1.29. The predicted octanol–water partition coefficient (Wildman–Crippen LogP) is 4.20. The fourth-order valence-corrected chi connectivity index (χ4v) is 2.29. The van der Waals surface area contributed by atoms with E-state index >= 15 is 0 Å². The molecule has 0 unspecified atom stereocenters. The van der Waals surface area contributed by atoms with Crippen LogP contribution in [0.4, 0.5) is 0 Å². The van der Waals surface area contributed by atoms with Crippen molar-refractivity contribution in [1.82, 2.24) is 5.32 Å². The fourth-order valence-electron chi connectivity index (χ4n) is 2.29. The standard InChI is InChI=1S/C18H31NO2/c1-4-7-8-9-13-19-14-12-16-10-11-17(20-5-2)18(15-16)21-6-3/h10-11,15,19H,4-9,12-14H2,1-3H3. The molecule has 1 N–H and O–H groups in total. The highest BCUT2D eigenvalue weighted by molar-refractivity contribution is 5.43. The molecule has 0 aromatic heterocycles. The summed E-state index contributed by atoms with van der Waals surface area (Å²) in [5, 5.41) is 3.51. The molecule has 1 aromatic carbocycles. The third-order valence-corrected chi connectivity index (χ3v) is 3.41. The van der Waals surface area contributed by atoms with Gasteiger partial charge in [0.15, 0.2) is 11.5 Å². The van der Waals surface area contributed by atoms with Crippen LogP contribution in [0.15, 0.2) is 18.2 Å². The van der Waals surface area contributed by atoms with E-state index in [4.69, 9.17) is 9.47 Å². The lowest BCUT2D eigenvalue weighted by Gasteiger charge is -2.12. The molecule has 3 heteroatoms. The van der Waals surface area contributed by atoms with Crippen molar-refractivity contribution in [2.75, 3.05) is 26.3 Å². The quantitative estimate of drug-likeness (QED) is 0.586. The maximum absolute atomic E-state index is 5.66. The second-order valence-electron chi connectivity index (χ2n) is 5.21. The van der Waals surface area contributed by atoms with E-state index in [1.165, 1.54) is 31.2 Å². The molecule has 120 valence electrons. The van der Waals surface area contributed by atoms with Gasteiger partial charge in [-0.05, 0) is 57.5 Å². The van der Waals surface area contributed by atoms with Gasteiger partial charge in [-0.15, -0.1) is 0 Å². The van der Waals surface area contributed by atoms with Crippen molar-refractivity contribution >= 4 is 0 Å². The molecule has 0 saturated carbocycles. The summed E-state index contributed by atoms with van der Waals surface area (Å²) >= 11 is 0. The molecule has 3 nitrogen and oxygen atoms in total. The first-order valence-electron chi connectivity index (χ1n) is 8.41. The molecular weight excluding hydrogens is 262 g/mol. The number of benzene rings is 1. The average molecular weight is 293 g/mol. The lowest BCUT2D eigenvalue weighted by atomic mass is 10.1. The van der Waals surface area contributed by atoms with E-state index in [2.05, 4.69) is 24.4 Å². The molecular formula is C18H31NO2. The van der Waals surface area contributed by atoms with Gasteiger partial charge in [0, 0.05) is 0 Å². The molecule has 0 saturated heterocycles. The molecule has 0 radical (unpaired) electrons. The average Bonchev–Trinajstić information content (AvgIpc) is 2.49. The lowest BCUT2D eigenvalue weighted by Crippen LogP contribution is -2.18. The maximum Gasteiger partial charge on any atom is 0.161 e. The molecule has 0 aliphatic heterocycles. The molecule has 0 heterocycles. The van der Waals surface area contributed by atoms with Crippen molar-refractivity contribution in [3.63, 3.8) is 0 Å². The van der Waals surface area contributed by atoms with E-state index in [1.807, 2.05) is 19.9 Å². The highest BCUT2D eigenvalue weighted by Crippen LogP contribution is 2.28. The number of hydrogen-bond donors (Lipinski definition) is 1. The molecule has 1 aromatic rings. The molecule has 0 amide bonds.